The minimum atomic E-state index is -0.696. The minimum Gasteiger partial charge on any atom is -0.454 e. The zero-order valence-electron chi connectivity index (χ0n) is 17.5. The molecule has 1 saturated heterocycles. The highest BCUT2D eigenvalue weighted by atomic mass is 16.7. The third-order valence-electron chi connectivity index (χ3n) is 6.09. The second kappa shape index (κ2) is 8.07. The molecule has 1 spiro atoms. The first kappa shape index (κ1) is 20.2. The molecule has 9 heteroatoms. The average Bonchev–Trinajstić information content (AvgIpc) is 3.21. The summed E-state index contributed by atoms with van der Waals surface area (Å²) in [5.41, 5.74) is 1.54. The van der Waals surface area contributed by atoms with Gasteiger partial charge in [-0.3, -0.25) is 14.4 Å². The monoisotopic (exact) mass is 436 g/mol. The number of amides is 3. The van der Waals surface area contributed by atoms with E-state index in [-0.39, 0.29) is 37.5 Å². The molecule has 0 bridgehead atoms. The van der Waals surface area contributed by atoms with E-state index in [0.717, 1.165) is 11.3 Å². The Labute approximate surface area is 185 Å². The van der Waals surface area contributed by atoms with Gasteiger partial charge in [0.2, 0.25) is 18.6 Å². The molecule has 3 aliphatic heterocycles. The van der Waals surface area contributed by atoms with Gasteiger partial charge in [0.25, 0.3) is 5.91 Å². The standard InChI is InChI=1S/C23H24N4O5/c28-20(24-12-15-5-6-18-19(11-15)32-14-31-18)13-27-10-9-23(8-7-21(27)29)25-17-4-2-1-3-16(17)22(30)26-23/h1-6,11,25H,7-10,12-14H2,(H,24,28)(H,26,30). The number of likely N-dealkylation sites (tertiary alicyclic amines) is 1. The van der Waals surface area contributed by atoms with Crippen molar-refractivity contribution in [1.29, 1.82) is 0 Å². The summed E-state index contributed by atoms with van der Waals surface area (Å²) >= 11 is 0. The van der Waals surface area contributed by atoms with Crippen LogP contribution in [0.25, 0.3) is 0 Å². The van der Waals surface area contributed by atoms with Crippen molar-refractivity contribution in [2.45, 2.75) is 31.5 Å². The summed E-state index contributed by atoms with van der Waals surface area (Å²) in [6.45, 7) is 0.871. The van der Waals surface area contributed by atoms with Crippen LogP contribution in [-0.4, -0.2) is 48.2 Å². The molecule has 0 aliphatic carbocycles. The lowest BCUT2D eigenvalue weighted by Gasteiger charge is -2.39. The smallest absolute Gasteiger partial charge is 0.255 e. The molecule has 1 atom stereocenters. The van der Waals surface area contributed by atoms with Crippen molar-refractivity contribution >= 4 is 23.4 Å². The molecule has 1 fully saturated rings. The predicted molar refractivity (Wildman–Crippen MR) is 115 cm³/mol. The molecule has 5 rings (SSSR count). The van der Waals surface area contributed by atoms with E-state index in [4.69, 9.17) is 9.47 Å². The number of ether oxygens (including phenoxy) is 2. The number of hydrogen-bond donors (Lipinski definition) is 3. The van der Waals surface area contributed by atoms with Gasteiger partial charge in [0.05, 0.1) is 12.1 Å². The lowest BCUT2D eigenvalue weighted by molar-refractivity contribution is -0.135. The van der Waals surface area contributed by atoms with E-state index in [9.17, 15) is 14.4 Å². The van der Waals surface area contributed by atoms with Gasteiger partial charge in [-0.25, -0.2) is 0 Å². The molecule has 3 amide bonds. The van der Waals surface area contributed by atoms with Crippen molar-refractivity contribution in [3.63, 3.8) is 0 Å². The zero-order valence-corrected chi connectivity index (χ0v) is 17.5. The summed E-state index contributed by atoms with van der Waals surface area (Å²) in [6, 6.07) is 12.8. The van der Waals surface area contributed by atoms with Crippen LogP contribution in [0.2, 0.25) is 0 Å². The Kier molecular flexibility index (Phi) is 5.08. The van der Waals surface area contributed by atoms with E-state index in [1.807, 2.05) is 36.4 Å². The largest absolute Gasteiger partial charge is 0.454 e. The molecule has 166 valence electrons. The lowest BCUT2D eigenvalue weighted by Crippen LogP contribution is -2.58. The quantitative estimate of drug-likeness (QED) is 0.672. The van der Waals surface area contributed by atoms with Crippen LogP contribution in [0.1, 0.15) is 35.2 Å². The maximum absolute atomic E-state index is 12.7. The maximum atomic E-state index is 12.7. The van der Waals surface area contributed by atoms with Crippen LogP contribution in [0.4, 0.5) is 5.69 Å². The molecular formula is C23H24N4O5. The Hall–Kier alpha value is -3.75. The maximum Gasteiger partial charge on any atom is 0.255 e. The summed E-state index contributed by atoms with van der Waals surface area (Å²) in [6.07, 6.45) is 1.21. The number of rotatable bonds is 4. The van der Waals surface area contributed by atoms with Crippen molar-refractivity contribution in [2.75, 3.05) is 25.2 Å². The number of hydrogen-bond acceptors (Lipinski definition) is 6. The molecule has 3 heterocycles. The molecule has 0 radical (unpaired) electrons. The van der Waals surface area contributed by atoms with Gasteiger partial charge < -0.3 is 30.3 Å². The molecule has 2 aromatic rings. The fourth-order valence-corrected chi connectivity index (χ4v) is 4.32. The molecule has 9 nitrogen and oxygen atoms in total. The molecule has 32 heavy (non-hydrogen) atoms. The van der Waals surface area contributed by atoms with Crippen LogP contribution >= 0.6 is 0 Å². The number of nitrogens with one attached hydrogen (secondary N) is 3. The Morgan fingerprint density at radius 1 is 1.06 bits per heavy atom. The van der Waals surface area contributed by atoms with Crippen LogP contribution in [0.15, 0.2) is 42.5 Å². The summed E-state index contributed by atoms with van der Waals surface area (Å²) in [4.78, 5) is 39.3. The highest BCUT2D eigenvalue weighted by Gasteiger charge is 2.40. The minimum absolute atomic E-state index is 0.0238. The topological polar surface area (TPSA) is 109 Å². The summed E-state index contributed by atoms with van der Waals surface area (Å²) in [7, 11) is 0. The van der Waals surface area contributed by atoms with Crippen molar-refractivity contribution in [2.24, 2.45) is 0 Å². The zero-order chi connectivity index (χ0) is 22.1. The van der Waals surface area contributed by atoms with Gasteiger partial charge in [-0.1, -0.05) is 18.2 Å². The molecular weight excluding hydrogens is 412 g/mol. The second-order valence-corrected chi connectivity index (χ2v) is 8.24. The van der Waals surface area contributed by atoms with E-state index in [1.165, 1.54) is 0 Å². The van der Waals surface area contributed by atoms with Gasteiger partial charge in [0.15, 0.2) is 11.5 Å². The molecule has 1 unspecified atom stereocenters. The Bertz CT molecular complexity index is 1090. The molecule has 0 aromatic heterocycles. The van der Waals surface area contributed by atoms with Crippen molar-refractivity contribution in [1.82, 2.24) is 15.5 Å². The Morgan fingerprint density at radius 2 is 1.91 bits per heavy atom. The highest BCUT2D eigenvalue weighted by molar-refractivity contribution is 6.02. The van der Waals surface area contributed by atoms with Gasteiger partial charge in [0, 0.05) is 31.6 Å². The van der Waals surface area contributed by atoms with Crippen molar-refractivity contribution in [3.8, 4) is 11.5 Å². The second-order valence-electron chi connectivity index (χ2n) is 8.24. The number of carbonyl (C=O) groups excluding carboxylic acids is 3. The predicted octanol–water partition coefficient (Wildman–Crippen LogP) is 1.60. The number of fused-ring (bicyclic) bond motifs is 2. The van der Waals surface area contributed by atoms with Gasteiger partial charge in [-0.2, -0.15) is 0 Å². The third kappa shape index (κ3) is 3.93. The fourth-order valence-electron chi connectivity index (χ4n) is 4.32. The third-order valence-corrected chi connectivity index (χ3v) is 6.09. The number of benzene rings is 2. The van der Waals surface area contributed by atoms with Gasteiger partial charge in [-0.05, 0) is 36.2 Å². The van der Waals surface area contributed by atoms with E-state index >= 15 is 0 Å². The highest BCUT2D eigenvalue weighted by Crippen LogP contribution is 2.33. The number of nitrogens with zero attached hydrogens (tertiary/aromatic N) is 1. The molecule has 2 aromatic carbocycles. The average molecular weight is 436 g/mol. The van der Waals surface area contributed by atoms with Crippen LogP contribution < -0.4 is 25.4 Å². The summed E-state index contributed by atoms with van der Waals surface area (Å²) < 4.78 is 10.6. The van der Waals surface area contributed by atoms with Gasteiger partial charge in [-0.15, -0.1) is 0 Å². The molecule has 3 aliphatic rings. The van der Waals surface area contributed by atoms with Gasteiger partial charge in [0.1, 0.15) is 5.66 Å². The Morgan fingerprint density at radius 3 is 2.81 bits per heavy atom. The number of anilines is 1. The number of carbonyl (C=O) groups is 3. The lowest BCUT2D eigenvalue weighted by atomic mass is 9.95. The van der Waals surface area contributed by atoms with E-state index in [1.54, 1.807) is 11.0 Å². The first-order valence-corrected chi connectivity index (χ1v) is 10.6. The molecule has 0 saturated carbocycles. The number of para-hydroxylation sites is 1. The normalized spacial score (nSPS) is 21.4. The summed E-state index contributed by atoms with van der Waals surface area (Å²) in [5, 5.41) is 9.30. The van der Waals surface area contributed by atoms with Crippen LogP contribution in [0.3, 0.4) is 0 Å². The van der Waals surface area contributed by atoms with E-state index < -0.39 is 5.66 Å². The van der Waals surface area contributed by atoms with Crippen LogP contribution in [-0.2, 0) is 16.1 Å². The Balaban J connectivity index is 1.19. The summed E-state index contributed by atoms with van der Waals surface area (Å²) in [5.74, 6) is 0.859. The van der Waals surface area contributed by atoms with Gasteiger partial charge >= 0.3 is 0 Å². The van der Waals surface area contributed by atoms with E-state index in [2.05, 4.69) is 16.0 Å². The van der Waals surface area contributed by atoms with Crippen molar-refractivity contribution in [3.05, 3.63) is 53.6 Å². The first-order valence-electron chi connectivity index (χ1n) is 10.6. The van der Waals surface area contributed by atoms with Crippen LogP contribution in [0, 0.1) is 0 Å². The van der Waals surface area contributed by atoms with Crippen LogP contribution in [0.5, 0.6) is 11.5 Å². The molecule has 3 N–H and O–H groups in total. The van der Waals surface area contributed by atoms with Crippen molar-refractivity contribution < 1.29 is 23.9 Å². The SMILES string of the molecule is O=C(CN1CCC2(CCC1=O)NC(=O)c1ccccc1N2)NCc1ccc2c(c1)OCO2. The van der Waals surface area contributed by atoms with E-state index in [0.29, 0.717) is 43.0 Å². The fraction of sp³-hybridized carbons (Fsp3) is 0.348. The first-order chi connectivity index (χ1) is 15.5.